The molecule has 0 spiro atoms. The Bertz CT molecular complexity index is 911. The first-order chi connectivity index (χ1) is 10.8. The maximum atomic E-state index is 13.4. The molecule has 0 aliphatic carbocycles. The Balaban J connectivity index is 3.01. The summed E-state index contributed by atoms with van der Waals surface area (Å²) in [5.74, 6) is -2.08. The second-order valence-corrected chi connectivity index (χ2v) is 5.00. The molecule has 1 aromatic heterocycles. The first kappa shape index (κ1) is 16.4. The van der Waals surface area contributed by atoms with E-state index in [9.17, 15) is 23.9 Å². The Labute approximate surface area is 130 Å². The van der Waals surface area contributed by atoms with Crippen LogP contribution in [-0.4, -0.2) is 20.0 Å². The molecule has 6 nitrogen and oxygen atoms in total. The van der Waals surface area contributed by atoms with Gasteiger partial charge in [-0.25, -0.2) is 13.8 Å². The fraction of sp³-hybridized carbons (Fsp3) is 0.188. The largest absolute Gasteiger partial charge is 0.494 e. The minimum atomic E-state index is -1.00. The van der Waals surface area contributed by atoms with Crippen LogP contribution in [0.5, 0.6) is 5.88 Å². The number of halogens is 1. The number of aromatic nitrogens is 2. The van der Waals surface area contributed by atoms with Gasteiger partial charge in [0.25, 0.3) is 5.56 Å². The Morgan fingerprint density at radius 1 is 1.39 bits per heavy atom. The lowest BCUT2D eigenvalue weighted by Gasteiger charge is -2.17. The predicted molar refractivity (Wildman–Crippen MR) is 82.8 cm³/mol. The van der Waals surface area contributed by atoms with Crippen LogP contribution in [-0.2, 0) is 0 Å². The van der Waals surface area contributed by atoms with Crippen molar-refractivity contribution in [3.8, 4) is 11.6 Å². The number of ketones is 1. The summed E-state index contributed by atoms with van der Waals surface area (Å²) in [6.45, 7) is 6.18. The van der Waals surface area contributed by atoms with Crippen molar-refractivity contribution in [3.05, 3.63) is 69.1 Å². The normalized spacial score (nSPS) is 12.0. The van der Waals surface area contributed by atoms with Crippen molar-refractivity contribution in [1.29, 1.82) is 0 Å². The van der Waals surface area contributed by atoms with Crippen molar-refractivity contribution >= 4 is 5.78 Å². The highest BCUT2D eigenvalue weighted by molar-refractivity contribution is 5.95. The maximum absolute atomic E-state index is 13.4. The number of allylic oxidation sites excluding steroid dienone is 1. The fourth-order valence-electron chi connectivity index (χ4n) is 2.24. The third-order valence-electron chi connectivity index (χ3n) is 3.43. The fourth-order valence-corrected chi connectivity index (χ4v) is 2.24. The summed E-state index contributed by atoms with van der Waals surface area (Å²) in [6.07, 6.45) is 1.37. The third kappa shape index (κ3) is 2.73. The number of hydrogen-bond acceptors (Lipinski definition) is 4. The van der Waals surface area contributed by atoms with Gasteiger partial charge in [-0.2, -0.15) is 0 Å². The lowest BCUT2D eigenvalue weighted by molar-refractivity contribution is 0.101. The van der Waals surface area contributed by atoms with Gasteiger partial charge in [0.2, 0.25) is 5.88 Å². The molecule has 1 N–H and O–H groups in total. The van der Waals surface area contributed by atoms with Crippen LogP contribution in [0.15, 0.2) is 46.5 Å². The molecule has 0 aliphatic rings. The Kier molecular flexibility index (Phi) is 4.31. The number of carbonyl (C=O) groups is 1. The maximum Gasteiger partial charge on any atom is 0.339 e. The lowest BCUT2D eigenvalue weighted by Crippen LogP contribution is -2.42. The zero-order chi connectivity index (χ0) is 17.3. The van der Waals surface area contributed by atoms with E-state index in [-0.39, 0.29) is 5.69 Å². The molecule has 0 fully saturated rings. The highest BCUT2D eigenvalue weighted by Gasteiger charge is 2.24. The summed E-state index contributed by atoms with van der Waals surface area (Å²) in [6, 6.07) is 4.16. The molecule has 120 valence electrons. The van der Waals surface area contributed by atoms with Crippen molar-refractivity contribution in [2.24, 2.45) is 0 Å². The van der Waals surface area contributed by atoms with Crippen molar-refractivity contribution in [1.82, 2.24) is 9.13 Å². The van der Waals surface area contributed by atoms with Crippen LogP contribution in [0.25, 0.3) is 5.69 Å². The van der Waals surface area contributed by atoms with E-state index in [1.54, 1.807) is 6.92 Å². The van der Waals surface area contributed by atoms with Crippen LogP contribution >= 0.6 is 0 Å². The molecule has 2 aromatic rings. The number of hydrogen-bond donors (Lipinski definition) is 1. The monoisotopic (exact) mass is 318 g/mol. The van der Waals surface area contributed by atoms with Crippen LogP contribution in [0.1, 0.15) is 30.2 Å². The Hall–Kier alpha value is -2.96. The van der Waals surface area contributed by atoms with Gasteiger partial charge in [0.05, 0.1) is 11.7 Å². The first-order valence-electron chi connectivity index (χ1n) is 6.79. The van der Waals surface area contributed by atoms with Crippen LogP contribution in [0.4, 0.5) is 4.39 Å². The minimum absolute atomic E-state index is 0.0347. The van der Waals surface area contributed by atoms with Gasteiger partial charge in [-0.05, 0) is 32.0 Å². The van der Waals surface area contributed by atoms with Crippen LogP contribution in [0.2, 0.25) is 0 Å². The van der Waals surface area contributed by atoms with Crippen LogP contribution in [0.3, 0.4) is 0 Å². The molecule has 1 aromatic carbocycles. The number of carbonyl (C=O) groups excluding carboxylic acids is 1. The van der Waals surface area contributed by atoms with Gasteiger partial charge in [-0.15, -0.1) is 6.58 Å². The molecule has 0 bridgehead atoms. The summed E-state index contributed by atoms with van der Waals surface area (Å²) in [4.78, 5) is 36.8. The molecule has 1 heterocycles. The topological polar surface area (TPSA) is 81.3 Å². The quantitative estimate of drug-likeness (QED) is 0.688. The number of rotatable bonds is 4. The summed E-state index contributed by atoms with van der Waals surface area (Å²) in [5.41, 5.74) is -2.47. The summed E-state index contributed by atoms with van der Waals surface area (Å²) in [7, 11) is 0. The standard InChI is InChI=1S/C16H15FN2O4/c1-4-9(2)18-14(21)13(10(3)20)15(22)19(16(18)23)12-7-5-6-11(17)8-12/h4-9,21H,1H2,2-3H3. The van der Waals surface area contributed by atoms with Gasteiger partial charge >= 0.3 is 5.69 Å². The van der Waals surface area contributed by atoms with Crippen molar-refractivity contribution in [2.45, 2.75) is 19.9 Å². The third-order valence-corrected chi connectivity index (χ3v) is 3.43. The summed E-state index contributed by atoms with van der Waals surface area (Å²) in [5, 5.41) is 10.2. The number of aromatic hydroxyl groups is 1. The molecule has 0 radical (unpaired) electrons. The van der Waals surface area contributed by atoms with Crippen LogP contribution in [0, 0.1) is 5.82 Å². The van der Waals surface area contributed by atoms with E-state index in [0.29, 0.717) is 4.57 Å². The van der Waals surface area contributed by atoms with Crippen molar-refractivity contribution in [3.63, 3.8) is 0 Å². The molecule has 23 heavy (non-hydrogen) atoms. The van der Waals surface area contributed by atoms with Gasteiger partial charge in [0.1, 0.15) is 11.4 Å². The van der Waals surface area contributed by atoms with E-state index < -0.39 is 40.3 Å². The van der Waals surface area contributed by atoms with Gasteiger partial charge in [0.15, 0.2) is 5.78 Å². The molecule has 1 atom stereocenters. The Morgan fingerprint density at radius 2 is 2.04 bits per heavy atom. The molecule has 2 rings (SSSR count). The molecule has 0 saturated heterocycles. The smallest absolute Gasteiger partial charge is 0.339 e. The zero-order valence-electron chi connectivity index (χ0n) is 12.6. The van der Waals surface area contributed by atoms with Gasteiger partial charge in [0, 0.05) is 0 Å². The van der Waals surface area contributed by atoms with E-state index in [2.05, 4.69) is 6.58 Å². The van der Waals surface area contributed by atoms with E-state index in [0.717, 1.165) is 23.6 Å². The molecule has 0 saturated carbocycles. The molecule has 7 heteroatoms. The average Bonchev–Trinajstić information content (AvgIpc) is 2.46. The second-order valence-electron chi connectivity index (χ2n) is 5.00. The van der Waals surface area contributed by atoms with Gasteiger partial charge in [-0.1, -0.05) is 12.1 Å². The molecular weight excluding hydrogens is 303 g/mol. The lowest BCUT2D eigenvalue weighted by atomic mass is 10.2. The van der Waals surface area contributed by atoms with Gasteiger partial charge in [-0.3, -0.25) is 14.2 Å². The zero-order valence-corrected chi connectivity index (χ0v) is 12.6. The summed E-state index contributed by atoms with van der Waals surface area (Å²) < 4.78 is 14.9. The number of nitrogens with zero attached hydrogens (tertiary/aromatic N) is 2. The molecule has 0 aliphatic heterocycles. The molecular formula is C16H15FN2O4. The first-order valence-corrected chi connectivity index (χ1v) is 6.79. The predicted octanol–water partition coefficient (Wildman–Crippen LogP) is 1.79. The van der Waals surface area contributed by atoms with E-state index in [1.165, 1.54) is 18.2 Å². The average molecular weight is 318 g/mol. The van der Waals surface area contributed by atoms with E-state index >= 15 is 0 Å². The summed E-state index contributed by atoms with van der Waals surface area (Å²) >= 11 is 0. The van der Waals surface area contributed by atoms with Crippen molar-refractivity contribution in [2.75, 3.05) is 0 Å². The number of benzene rings is 1. The molecule has 0 amide bonds. The SMILES string of the molecule is C=CC(C)n1c(O)c(C(C)=O)c(=O)n(-c2cccc(F)c2)c1=O. The van der Waals surface area contributed by atoms with Gasteiger partial charge < -0.3 is 5.11 Å². The highest BCUT2D eigenvalue weighted by atomic mass is 19.1. The number of Topliss-reactive ketones (excluding diaryl/α,β-unsaturated/α-hetero) is 1. The second kappa shape index (κ2) is 6.04. The molecule has 1 unspecified atom stereocenters. The van der Waals surface area contributed by atoms with Crippen LogP contribution < -0.4 is 11.2 Å². The van der Waals surface area contributed by atoms with E-state index in [1.807, 2.05) is 0 Å². The van der Waals surface area contributed by atoms with Crippen molar-refractivity contribution < 1.29 is 14.3 Å². The Morgan fingerprint density at radius 3 is 2.57 bits per heavy atom. The van der Waals surface area contributed by atoms with E-state index in [4.69, 9.17) is 0 Å². The minimum Gasteiger partial charge on any atom is -0.494 e. The highest BCUT2D eigenvalue weighted by Crippen LogP contribution is 2.18.